The van der Waals surface area contributed by atoms with Crippen molar-refractivity contribution in [2.45, 2.75) is 6.04 Å². The molecule has 1 N–H and O–H groups in total. The number of nitrogens with zero attached hydrogens (tertiary/aromatic N) is 1. The van der Waals surface area contributed by atoms with E-state index in [2.05, 4.69) is 0 Å². The summed E-state index contributed by atoms with van der Waals surface area (Å²) in [5.74, 6) is -0.850. The highest BCUT2D eigenvalue weighted by molar-refractivity contribution is 5.76. The first kappa shape index (κ1) is 9.52. The van der Waals surface area contributed by atoms with Crippen molar-refractivity contribution in [1.82, 2.24) is 4.57 Å². The third-order valence-electron chi connectivity index (χ3n) is 2.27. The zero-order valence-electron chi connectivity index (χ0n) is 8.08. The van der Waals surface area contributed by atoms with E-state index in [1.165, 1.54) is 0 Å². The summed E-state index contributed by atoms with van der Waals surface area (Å²) in [6.45, 7) is 0. The third kappa shape index (κ3) is 1.91. The van der Waals surface area contributed by atoms with Gasteiger partial charge in [0.2, 0.25) is 0 Å². The van der Waals surface area contributed by atoms with Crippen molar-refractivity contribution in [2.24, 2.45) is 0 Å². The lowest BCUT2D eigenvalue weighted by Crippen LogP contribution is -2.18. The summed E-state index contributed by atoms with van der Waals surface area (Å²) in [7, 11) is 0. The van der Waals surface area contributed by atoms with E-state index in [1.807, 2.05) is 42.5 Å². The molecule has 0 radical (unpaired) electrons. The van der Waals surface area contributed by atoms with E-state index in [0.29, 0.717) is 0 Å². The van der Waals surface area contributed by atoms with Gasteiger partial charge in [0.1, 0.15) is 0 Å². The fourth-order valence-electron chi connectivity index (χ4n) is 1.60. The maximum absolute atomic E-state index is 11.2. The van der Waals surface area contributed by atoms with Crippen LogP contribution in [0.25, 0.3) is 0 Å². The van der Waals surface area contributed by atoms with Crippen molar-refractivity contribution < 1.29 is 9.90 Å². The Morgan fingerprint density at radius 2 is 1.67 bits per heavy atom. The Morgan fingerprint density at radius 3 is 2.20 bits per heavy atom. The number of aliphatic carboxylic acids is 1. The van der Waals surface area contributed by atoms with Crippen molar-refractivity contribution in [2.75, 3.05) is 0 Å². The molecule has 1 atom stereocenters. The van der Waals surface area contributed by atoms with Crippen LogP contribution in [0.4, 0.5) is 0 Å². The maximum atomic E-state index is 11.2. The van der Waals surface area contributed by atoms with Gasteiger partial charge in [-0.3, -0.25) is 0 Å². The van der Waals surface area contributed by atoms with Crippen LogP contribution in [-0.4, -0.2) is 15.6 Å². The molecule has 76 valence electrons. The normalized spacial score (nSPS) is 12.3. The molecule has 1 aromatic heterocycles. The molecule has 0 bridgehead atoms. The van der Waals surface area contributed by atoms with Gasteiger partial charge in [0.05, 0.1) is 0 Å². The minimum absolute atomic E-state index is 0.638. The number of carboxylic acid groups (broad SMARTS) is 1. The molecule has 0 fully saturated rings. The van der Waals surface area contributed by atoms with Gasteiger partial charge in [0.15, 0.2) is 6.04 Å². The zero-order chi connectivity index (χ0) is 10.7. The van der Waals surface area contributed by atoms with E-state index in [0.717, 1.165) is 5.56 Å². The van der Waals surface area contributed by atoms with Crippen molar-refractivity contribution in [3.8, 4) is 0 Å². The smallest absolute Gasteiger partial charge is 0.331 e. The quantitative estimate of drug-likeness (QED) is 0.826. The van der Waals surface area contributed by atoms with Crippen LogP contribution in [-0.2, 0) is 4.79 Å². The highest BCUT2D eigenvalue weighted by Crippen LogP contribution is 2.18. The number of carbonyl (C=O) groups is 1. The number of aromatic nitrogens is 1. The standard InChI is InChI=1S/C12H11NO2/c14-12(15)11(13-8-4-5-9-13)10-6-2-1-3-7-10/h1-9,11H,(H,14,15)/t11-/m1/s1. The van der Waals surface area contributed by atoms with Gasteiger partial charge >= 0.3 is 5.97 Å². The molecule has 2 aromatic rings. The van der Waals surface area contributed by atoms with Crippen molar-refractivity contribution >= 4 is 5.97 Å². The molecule has 2 rings (SSSR count). The fourth-order valence-corrected chi connectivity index (χ4v) is 1.60. The van der Waals surface area contributed by atoms with Crippen LogP contribution in [0.1, 0.15) is 11.6 Å². The Hall–Kier alpha value is -2.03. The molecule has 3 heteroatoms. The van der Waals surface area contributed by atoms with Crippen LogP contribution >= 0.6 is 0 Å². The molecule has 0 aliphatic carbocycles. The van der Waals surface area contributed by atoms with Crippen LogP contribution in [0.15, 0.2) is 54.9 Å². The summed E-state index contributed by atoms with van der Waals surface area (Å²) in [5.41, 5.74) is 0.779. The lowest BCUT2D eigenvalue weighted by atomic mass is 10.1. The van der Waals surface area contributed by atoms with Gasteiger partial charge in [-0.15, -0.1) is 0 Å². The van der Waals surface area contributed by atoms with Gasteiger partial charge in [-0.05, 0) is 17.7 Å². The molecule has 1 heterocycles. The SMILES string of the molecule is O=C(O)[C@@H](c1ccccc1)n1cccc1. The van der Waals surface area contributed by atoms with E-state index in [1.54, 1.807) is 17.0 Å². The first-order valence-electron chi connectivity index (χ1n) is 4.69. The average molecular weight is 201 g/mol. The second kappa shape index (κ2) is 4.00. The van der Waals surface area contributed by atoms with Crippen LogP contribution in [0.3, 0.4) is 0 Å². The number of rotatable bonds is 3. The highest BCUT2D eigenvalue weighted by atomic mass is 16.4. The number of benzene rings is 1. The molecule has 0 spiro atoms. The molecule has 3 nitrogen and oxygen atoms in total. The minimum Gasteiger partial charge on any atom is -0.479 e. The third-order valence-corrected chi connectivity index (χ3v) is 2.27. The fraction of sp³-hybridized carbons (Fsp3) is 0.0833. The molecule has 0 saturated carbocycles. The average Bonchev–Trinajstić information content (AvgIpc) is 2.72. The molecule has 15 heavy (non-hydrogen) atoms. The summed E-state index contributed by atoms with van der Waals surface area (Å²) in [4.78, 5) is 11.2. The van der Waals surface area contributed by atoms with E-state index in [4.69, 9.17) is 0 Å². The van der Waals surface area contributed by atoms with Gasteiger partial charge in [-0.1, -0.05) is 30.3 Å². The van der Waals surface area contributed by atoms with Gasteiger partial charge in [0, 0.05) is 12.4 Å². The Kier molecular flexibility index (Phi) is 2.54. The van der Waals surface area contributed by atoms with Crippen molar-refractivity contribution in [3.05, 3.63) is 60.4 Å². The second-order valence-corrected chi connectivity index (χ2v) is 3.28. The first-order valence-corrected chi connectivity index (χ1v) is 4.69. The van der Waals surface area contributed by atoms with Gasteiger partial charge in [-0.25, -0.2) is 4.79 Å². The van der Waals surface area contributed by atoms with Crippen LogP contribution in [0.2, 0.25) is 0 Å². The number of carboxylic acids is 1. The van der Waals surface area contributed by atoms with E-state index in [-0.39, 0.29) is 0 Å². The topological polar surface area (TPSA) is 42.2 Å². The maximum Gasteiger partial charge on any atom is 0.331 e. The summed E-state index contributed by atoms with van der Waals surface area (Å²) in [6.07, 6.45) is 3.51. The minimum atomic E-state index is -0.850. The monoisotopic (exact) mass is 201 g/mol. The van der Waals surface area contributed by atoms with Crippen LogP contribution < -0.4 is 0 Å². The number of hydrogen-bond donors (Lipinski definition) is 1. The van der Waals surface area contributed by atoms with Crippen molar-refractivity contribution in [3.63, 3.8) is 0 Å². The number of hydrogen-bond acceptors (Lipinski definition) is 1. The molecule has 0 aliphatic rings. The summed E-state index contributed by atoms with van der Waals surface area (Å²) in [6, 6.07) is 12.2. The Bertz CT molecular complexity index is 434. The molecular formula is C12H11NO2. The molecule has 1 aromatic carbocycles. The van der Waals surface area contributed by atoms with Crippen LogP contribution in [0.5, 0.6) is 0 Å². The van der Waals surface area contributed by atoms with Gasteiger partial charge in [-0.2, -0.15) is 0 Å². The van der Waals surface area contributed by atoms with Gasteiger partial charge in [0.25, 0.3) is 0 Å². The first-order chi connectivity index (χ1) is 7.29. The molecule has 0 saturated heterocycles. The van der Waals surface area contributed by atoms with Gasteiger partial charge < -0.3 is 9.67 Å². The highest BCUT2D eigenvalue weighted by Gasteiger charge is 2.19. The lowest BCUT2D eigenvalue weighted by molar-refractivity contribution is -0.139. The molecule has 0 amide bonds. The van der Waals surface area contributed by atoms with E-state index in [9.17, 15) is 9.90 Å². The summed E-state index contributed by atoms with van der Waals surface area (Å²) >= 11 is 0. The van der Waals surface area contributed by atoms with Crippen LogP contribution in [0, 0.1) is 0 Å². The Balaban J connectivity index is 2.42. The second-order valence-electron chi connectivity index (χ2n) is 3.28. The molecular weight excluding hydrogens is 190 g/mol. The van der Waals surface area contributed by atoms with Crippen molar-refractivity contribution in [1.29, 1.82) is 0 Å². The predicted octanol–water partition coefficient (Wildman–Crippen LogP) is 2.16. The Labute approximate surface area is 87.6 Å². The van der Waals surface area contributed by atoms with E-state index < -0.39 is 12.0 Å². The summed E-state index contributed by atoms with van der Waals surface area (Å²) < 4.78 is 1.68. The van der Waals surface area contributed by atoms with E-state index >= 15 is 0 Å². The molecule has 0 aliphatic heterocycles. The Morgan fingerprint density at radius 1 is 1.07 bits per heavy atom. The summed E-state index contributed by atoms with van der Waals surface area (Å²) in [5, 5.41) is 9.18. The zero-order valence-corrected chi connectivity index (χ0v) is 8.08. The largest absolute Gasteiger partial charge is 0.479 e. The molecule has 0 unspecified atom stereocenters. The predicted molar refractivity (Wildman–Crippen MR) is 56.6 cm³/mol. The lowest BCUT2D eigenvalue weighted by Gasteiger charge is -2.14.